The van der Waals surface area contributed by atoms with Crippen LogP contribution in [0.2, 0.25) is 0 Å². The lowest BCUT2D eigenvalue weighted by atomic mass is 9.80. The summed E-state index contributed by atoms with van der Waals surface area (Å²) in [5.41, 5.74) is 0. The Morgan fingerprint density at radius 1 is 1.00 bits per heavy atom. The van der Waals surface area contributed by atoms with Crippen molar-refractivity contribution >= 4 is 0 Å². The molecule has 1 aliphatic rings. The van der Waals surface area contributed by atoms with Crippen molar-refractivity contribution in [1.29, 1.82) is 0 Å². The SMILES string of the molecule is CCCCC1CCC(CNCCCC(C)C)CC1. The van der Waals surface area contributed by atoms with Crippen molar-refractivity contribution in [3.63, 3.8) is 0 Å². The molecular weight excluding hydrogens is 218 g/mol. The van der Waals surface area contributed by atoms with Gasteiger partial charge in [-0.05, 0) is 56.5 Å². The lowest BCUT2D eigenvalue weighted by Gasteiger charge is -2.28. The van der Waals surface area contributed by atoms with Gasteiger partial charge in [-0.15, -0.1) is 0 Å². The molecule has 1 nitrogen and oxygen atoms in total. The van der Waals surface area contributed by atoms with E-state index in [1.807, 2.05) is 0 Å². The maximum Gasteiger partial charge on any atom is -0.00205 e. The molecule has 1 heteroatoms. The second-order valence-electron chi connectivity index (χ2n) is 6.77. The first-order valence-corrected chi connectivity index (χ1v) is 8.43. The molecule has 1 saturated carbocycles. The zero-order valence-electron chi connectivity index (χ0n) is 13.0. The summed E-state index contributed by atoms with van der Waals surface area (Å²) < 4.78 is 0. The van der Waals surface area contributed by atoms with E-state index < -0.39 is 0 Å². The Kier molecular flexibility index (Phi) is 8.75. The molecule has 0 bridgehead atoms. The fourth-order valence-electron chi connectivity index (χ4n) is 3.16. The highest BCUT2D eigenvalue weighted by Gasteiger charge is 2.20. The molecule has 1 aliphatic carbocycles. The van der Waals surface area contributed by atoms with E-state index >= 15 is 0 Å². The van der Waals surface area contributed by atoms with Gasteiger partial charge in [0.1, 0.15) is 0 Å². The summed E-state index contributed by atoms with van der Waals surface area (Å²) >= 11 is 0. The van der Waals surface area contributed by atoms with Crippen molar-refractivity contribution in [3.05, 3.63) is 0 Å². The topological polar surface area (TPSA) is 12.0 Å². The van der Waals surface area contributed by atoms with Crippen LogP contribution in [0.3, 0.4) is 0 Å². The Bertz CT molecular complexity index is 180. The van der Waals surface area contributed by atoms with Crippen molar-refractivity contribution in [2.75, 3.05) is 13.1 Å². The van der Waals surface area contributed by atoms with Gasteiger partial charge < -0.3 is 5.32 Å². The van der Waals surface area contributed by atoms with Crippen LogP contribution in [0, 0.1) is 17.8 Å². The van der Waals surface area contributed by atoms with Crippen molar-refractivity contribution in [1.82, 2.24) is 5.32 Å². The summed E-state index contributed by atoms with van der Waals surface area (Å²) in [6.45, 7) is 9.45. The molecule has 0 atom stereocenters. The zero-order valence-corrected chi connectivity index (χ0v) is 13.0. The molecule has 0 saturated heterocycles. The lowest BCUT2D eigenvalue weighted by molar-refractivity contribution is 0.253. The van der Waals surface area contributed by atoms with E-state index in [-0.39, 0.29) is 0 Å². The van der Waals surface area contributed by atoms with E-state index in [2.05, 4.69) is 26.1 Å². The molecule has 0 amide bonds. The molecule has 108 valence electrons. The van der Waals surface area contributed by atoms with Crippen molar-refractivity contribution in [3.8, 4) is 0 Å². The van der Waals surface area contributed by atoms with Crippen LogP contribution in [-0.2, 0) is 0 Å². The van der Waals surface area contributed by atoms with Crippen LogP contribution in [0.1, 0.15) is 78.6 Å². The normalized spacial score (nSPS) is 24.7. The number of rotatable bonds is 9. The fraction of sp³-hybridized carbons (Fsp3) is 1.00. The summed E-state index contributed by atoms with van der Waals surface area (Å²) in [5, 5.41) is 3.67. The molecule has 1 fully saturated rings. The smallest absolute Gasteiger partial charge is 0.00205 e. The maximum atomic E-state index is 3.67. The van der Waals surface area contributed by atoms with Crippen LogP contribution in [0.5, 0.6) is 0 Å². The molecule has 1 rings (SSSR count). The molecule has 0 heterocycles. The van der Waals surface area contributed by atoms with E-state index in [0.717, 1.165) is 17.8 Å². The Hall–Kier alpha value is -0.0400. The lowest BCUT2D eigenvalue weighted by Crippen LogP contribution is -2.27. The number of hydrogen-bond acceptors (Lipinski definition) is 1. The minimum Gasteiger partial charge on any atom is -0.316 e. The number of nitrogens with one attached hydrogen (secondary N) is 1. The third-order valence-corrected chi connectivity index (χ3v) is 4.50. The summed E-state index contributed by atoms with van der Waals surface area (Å²) in [6.07, 6.45) is 13.0. The summed E-state index contributed by atoms with van der Waals surface area (Å²) in [7, 11) is 0. The van der Waals surface area contributed by atoms with Gasteiger partial charge in [-0.1, -0.05) is 52.9 Å². The summed E-state index contributed by atoms with van der Waals surface area (Å²) in [6, 6.07) is 0. The van der Waals surface area contributed by atoms with E-state index in [1.54, 1.807) is 0 Å². The van der Waals surface area contributed by atoms with Gasteiger partial charge in [-0.25, -0.2) is 0 Å². The Morgan fingerprint density at radius 3 is 2.28 bits per heavy atom. The first kappa shape index (κ1) is 16.0. The van der Waals surface area contributed by atoms with E-state index in [0.29, 0.717) is 0 Å². The number of hydrogen-bond donors (Lipinski definition) is 1. The molecule has 1 N–H and O–H groups in total. The third kappa shape index (κ3) is 7.41. The third-order valence-electron chi connectivity index (χ3n) is 4.50. The van der Waals surface area contributed by atoms with E-state index in [9.17, 15) is 0 Å². The minimum absolute atomic E-state index is 0.862. The highest BCUT2D eigenvalue weighted by molar-refractivity contribution is 4.74. The first-order chi connectivity index (χ1) is 8.72. The van der Waals surface area contributed by atoms with Gasteiger partial charge in [0.15, 0.2) is 0 Å². The molecule has 0 aromatic rings. The molecule has 0 radical (unpaired) electrons. The van der Waals surface area contributed by atoms with E-state index in [1.165, 1.54) is 70.9 Å². The molecule has 0 aromatic carbocycles. The highest BCUT2D eigenvalue weighted by atomic mass is 14.9. The van der Waals surface area contributed by atoms with Crippen LogP contribution in [0.15, 0.2) is 0 Å². The molecule has 0 unspecified atom stereocenters. The average molecular weight is 253 g/mol. The van der Waals surface area contributed by atoms with Crippen LogP contribution < -0.4 is 5.32 Å². The molecule has 0 spiro atoms. The quantitative estimate of drug-likeness (QED) is 0.570. The minimum atomic E-state index is 0.862. The molecule has 0 aromatic heterocycles. The standard InChI is InChI=1S/C17H35N/c1-4-5-8-16-9-11-17(12-10-16)14-18-13-6-7-15(2)3/h15-18H,4-14H2,1-3H3. The van der Waals surface area contributed by atoms with Gasteiger partial charge in [-0.2, -0.15) is 0 Å². The molecule has 0 aliphatic heterocycles. The van der Waals surface area contributed by atoms with Crippen LogP contribution in [-0.4, -0.2) is 13.1 Å². The van der Waals surface area contributed by atoms with Crippen molar-refractivity contribution in [2.45, 2.75) is 78.6 Å². The predicted octanol–water partition coefficient (Wildman–Crippen LogP) is 5.01. The van der Waals surface area contributed by atoms with Gasteiger partial charge in [0, 0.05) is 0 Å². The number of unbranched alkanes of at least 4 members (excludes halogenated alkanes) is 1. The second-order valence-corrected chi connectivity index (χ2v) is 6.77. The van der Waals surface area contributed by atoms with Crippen LogP contribution in [0.25, 0.3) is 0 Å². The average Bonchev–Trinajstić information content (AvgIpc) is 2.37. The zero-order chi connectivity index (χ0) is 13.2. The largest absolute Gasteiger partial charge is 0.316 e. The second kappa shape index (κ2) is 9.83. The summed E-state index contributed by atoms with van der Waals surface area (Å²) in [4.78, 5) is 0. The van der Waals surface area contributed by atoms with Crippen LogP contribution in [0.4, 0.5) is 0 Å². The molecule has 18 heavy (non-hydrogen) atoms. The summed E-state index contributed by atoms with van der Waals surface area (Å²) in [5.74, 6) is 2.89. The highest BCUT2D eigenvalue weighted by Crippen LogP contribution is 2.31. The Morgan fingerprint density at radius 2 is 1.67 bits per heavy atom. The molecular formula is C17H35N. The van der Waals surface area contributed by atoms with Crippen molar-refractivity contribution in [2.24, 2.45) is 17.8 Å². The first-order valence-electron chi connectivity index (χ1n) is 8.43. The Balaban J connectivity index is 1.95. The van der Waals surface area contributed by atoms with Gasteiger partial charge in [0.2, 0.25) is 0 Å². The predicted molar refractivity (Wildman–Crippen MR) is 81.9 cm³/mol. The van der Waals surface area contributed by atoms with Gasteiger partial charge >= 0.3 is 0 Å². The monoisotopic (exact) mass is 253 g/mol. The Labute approximate surface area is 115 Å². The van der Waals surface area contributed by atoms with E-state index in [4.69, 9.17) is 0 Å². The fourth-order valence-corrected chi connectivity index (χ4v) is 3.16. The maximum absolute atomic E-state index is 3.67. The van der Waals surface area contributed by atoms with Crippen molar-refractivity contribution < 1.29 is 0 Å². The van der Waals surface area contributed by atoms with Crippen LogP contribution >= 0.6 is 0 Å². The van der Waals surface area contributed by atoms with Gasteiger partial charge in [0.05, 0.1) is 0 Å². The van der Waals surface area contributed by atoms with Gasteiger partial charge in [-0.3, -0.25) is 0 Å². The van der Waals surface area contributed by atoms with Gasteiger partial charge in [0.25, 0.3) is 0 Å².